The van der Waals surface area contributed by atoms with Crippen molar-refractivity contribution in [2.45, 2.75) is 20.3 Å². The molecule has 3 heteroatoms. The fraction of sp³-hybridized carbons (Fsp3) is 0.250. The molecule has 0 spiro atoms. The number of aryl methyl sites for hydroxylation is 1. The Hall–Kier alpha value is -1.77. The summed E-state index contributed by atoms with van der Waals surface area (Å²) in [5.74, 6) is 0.0486. The molecular formula is C12H12O3. The van der Waals surface area contributed by atoms with Gasteiger partial charge in [0.05, 0.1) is 10.9 Å². The van der Waals surface area contributed by atoms with E-state index in [-0.39, 0.29) is 5.75 Å². The van der Waals surface area contributed by atoms with Gasteiger partial charge in [-0.15, -0.1) is 0 Å². The first-order valence-corrected chi connectivity index (χ1v) is 4.89. The summed E-state index contributed by atoms with van der Waals surface area (Å²) < 4.78 is 5.18. The van der Waals surface area contributed by atoms with Gasteiger partial charge in [0.25, 0.3) is 0 Å². The molecule has 78 valence electrons. The first-order valence-electron chi connectivity index (χ1n) is 4.89. The smallest absolute Gasteiger partial charge is 0.343 e. The van der Waals surface area contributed by atoms with E-state index in [0.717, 1.165) is 5.56 Å². The van der Waals surface area contributed by atoms with Crippen molar-refractivity contribution < 1.29 is 9.52 Å². The lowest BCUT2D eigenvalue weighted by molar-refractivity contribution is 0.457. The summed E-state index contributed by atoms with van der Waals surface area (Å²) in [6.07, 6.45) is 0.470. The van der Waals surface area contributed by atoms with Crippen LogP contribution in [0.4, 0.5) is 0 Å². The van der Waals surface area contributed by atoms with Crippen molar-refractivity contribution in [2.75, 3.05) is 0 Å². The van der Waals surface area contributed by atoms with Crippen molar-refractivity contribution in [3.05, 3.63) is 39.7 Å². The van der Waals surface area contributed by atoms with Crippen LogP contribution < -0.4 is 5.63 Å². The highest BCUT2D eigenvalue weighted by atomic mass is 16.4. The predicted octanol–water partition coefficient (Wildman–Crippen LogP) is 2.37. The fourth-order valence-corrected chi connectivity index (χ4v) is 1.70. The number of hydrogen-bond acceptors (Lipinski definition) is 3. The van der Waals surface area contributed by atoms with E-state index in [4.69, 9.17) is 4.42 Å². The zero-order chi connectivity index (χ0) is 11.0. The second-order valence-electron chi connectivity index (χ2n) is 3.52. The molecule has 3 nitrogen and oxygen atoms in total. The molecule has 0 aliphatic rings. The molecule has 0 saturated carbocycles. The maximum atomic E-state index is 11.5. The van der Waals surface area contributed by atoms with Crippen molar-refractivity contribution >= 4 is 11.0 Å². The summed E-state index contributed by atoms with van der Waals surface area (Å²) in [5, 5.41) is 10.5. The first-order chi connectivity index (χ1) is 7.15. The minimum absolute atomic E-state index is 0.0486. The minimum atomic E-state index is -0.447. The fourth-order valence-electron chi connectivity index (χ4n) is 1.70. The number of para-hydroxylation sites is 1. The van der Waals surface area contributed by atoms with Gasteiger partial charge in [0, 0.05) is 0 Å². The molecule has 0 unspecified atom stereocenters. The van der Waals surface area contributed by atoms with Gasteiger partial charge >= 0.3 is 5.63 Å². The molecule has 0 saturated heterocycles. The highest BCUT2D eigenvalue weighted by Crippen LogP contribution is 2.28. The van der Waals surface area contributed by atoms with Crippen molar-refractivity contribution in [3.63, 3.8) is 0 Å². The lowest BCUT2D eigenvalue weighted by atomic mass is 10.1. The van der Waals surface area contributed by atoms with Gasteiger partial charge in [-0.25, -0.2) is 4.79 Å². The predicted molar refractivity (Wildman–Crippen MR) is 58.3 cm³/mol. The van der Waals surface area contributed by atoms with E-state index in [2.05, 4.69) is 0 Å². The summed E-state index contributed by atoms with van der Waals surface area (Å²) in [4.78, 5) is 11.5. The Balaban J connectivity index is 2.97. The van der Waals surface area contributed by atoms with Gasteiger partial charge in [0.15, 0.2) is 0 Å². The van der Waals surface area contributed by atoms with Crippen LogP contribution in [0.15, 0.2) is 27.4 Å². The number of hydrogen-bond donors (Lipinski definition) is 1. The largest absolute Gasteiger partial charge is 0.507 e. The lowest BCUT2D eigenvalue weighted by Crippen LogP contribution is -2.06. The molecule has 0 fully saturated rings. The highest BCUT2D eigenvalue weighted by Gasteiger charge is 2.12. The zero-order valence-corrected chi connectivity index (χ0v) is 8.70. The summed E-state index contributed by atoms with van der Waals surface area (Å²) >= 11 is 0. The third kappa shape index (κ3) is 1.40. The molecule has 0 aliphatic heterocycles. The molecule has 15 heavy (non-hydrogen) atoms. The molecule has 1 aromatic heterocycles. The van der Waals surface area contributed by atoms with E-state index >= 15 is 0 Å². The van der Waals surface area contributed by atoms with Gasteiger partial charge in [0.2, 0.25) is 0 Å². The molecule has 0 radical (unpaired) electrons. The van der Waals surface area contributed by atoms with E-state index in [1.54, 1.807) is 6.07 Å². The molecule has 1 aromatic carbocycles. The topological polar surface area (TPSA) is 50.4 Å². The highest BCUT2D eigenvalue weighted by molar-refractivity contribution is 5.86. The Labute approximate surface area is 87.0 Å². The van der Waals surface area contributed by atoms with Crippen molar-refractivity contribution in [3.8, 4) is 5.75 Å². The average Bonchev–Trinajstić information content (AvgIpc) is 2.20. The van der Waals surface area contributed by atoms with Crippen LogP contribution in [-0.4, -0.2) is 5.11 Å². The SMILES string of the molecule is CCc1c(O)c2cccc(C)c2oc1=O. The summed E-state index contributed by atoms with van der Waals surface area (Å²) in [5.41, 5.74) is 1.21. The van der Waals surface area contributed by atoms with Crippen LogP contribution >= 0.6 is 0 Å². The molecule has 1 heterocycles. The third-order valence-electron chi connectivity index (χ3n) is 2.55. The molecule has 0 bridgehead atoms. The zero-order valence-electron chi connectivity index (χ0n) is 8.70. The van der Waals surface area contributed by atoms with Crippen LogP contribution in [0.5, 0.6) is 5.75 Å². The Kier molecular flexibility index (Phi) is 2.23. The van der Waals surface area contributed by atoms with Crippen molar-refractivity contribution in [2.24, 2.45) is 0 Å². The van der Waals surface area contributed by atoms with Crippen LogP contribution in [0.1, 0.15) is 18.1 Å². The van der Waals surface area contributed by atoms with Crippen LogP contribution in [-0.2, 0) is 6.42 Å². The van der Waals surface area contributed by atoms with Crippen LogP contribution in [0.25, 0.3) is 11.0 Å². The average molecular weight is 204 g/mol. The van der Waals surface area contributed by atoms with Gasteiger partial charge in [-0.3, -0.25) is 0 Å². The second-order valence-corrected chi connectivity index (χ2v) is 3.52. The lowest BCUT2D eigenvalue weighted by Gasteiger charge is -2.05. The Morgan fingerprint density at radius 3 is 2.80 bits per heavy atom. The van der Waals surface area contributed by atoms with E-state index in [9.17, 15) is 9.90 Å². The molecule has 2 aromatic rings. The number of fused-ring (bicyclic) bond motifs is 1. The Morgan fingerprint density at radius 1 is 1.40 bits per heavy atom. The van der Waals surface area contributed by atoms with Gasteiger partial charge in [0.1, 0.15) is 11.3 Å². The monoisotopic (exact) mass is 204 g/mol. The Morgan fingerprint density at radius 2 is 2.13 bits per heavy atom. The molecule has 1 N–H and O–H groups in total. The van der Waals surface area contributed by atoms with Gasteiger partial charge in [-0.05, 0) is 25.0 Å². The summed E-state index contributed by atoms with van der Waals surface area (Å²) in [6, 6.07) is 5.42. The van der Waals surface area contributed by atoms with E-state index in [1.807, 2.05) is 26.0 Å². The maximum absolute atomic E-state index is 11.5. The van der Waals surface area contributed by atoms with Gasteiger partial charge < -0.3 is 9.52 Å². The number of rotatable bonds is 1. The van der Waals surface area contributed by atoms with Crippen LogP contribution in [0.3, 0.4) is 0 Å². The molecule has 0 aliphatic carbocycles. The molecule has 0 atom stereocenters. The first kappa shape index (κ1) is 9.77. The summed E-state index contributed by atoms with van der Waals surface area (Å²) in [6.45, 7) is 3.66. The van der Waals surface area contributed by atoms with E-state index in [1.165, 1.54) is 0 Å². The summed E-state index contributed by atoms with van der Waals surface area (Å²) in [7, 11) is 0. The normalized spacial score (nSPS) is 10.8. The van der Waals surface area contributed by atoms with E-state index in [0.29, 0.717) is 23.0 Å². The number of aromatic hydroxyl groups is 1. The van der Waals surface area contributed by atoms with Crippen molar-refractivity contribution in [1.82, 2.24) is 0 Å². The van der Waals surface area contributed by atoms with Gasteiger partial charge in [-0.1, -0.05) is 19.1 Å². The van der Waals surface area contributed by atoms with Crippen LogP contribution in [0.2, 0.25) is 0 Å². The van der Waals surface area contributed by atoms with Crippen LogP contribution in [0, 0.1) is 6.92 Å². The van der Waals surface area contributed by atoms with Crippen molar-refractivity contribution in [1.29, 1.82) is 0 Å². The standard InChI is InChI=1S/C12H12O3/c1-3-8-10(13)9-6-4-5-7(2)11(9)15-12(8)14/h4-6,13H,3H2,1-2H3. The van der Waals surface area contributed by atoms with E-state index < -0.39 is 5.63 Å². The molecule has 0 amide bonds. The molecular weight excluding hydrogens is 192 g/mol. The third-order valence-corrected chi connectivity index (χ3v) is 2.55. The Bertz CT molecular complexity index is 567. The quantitative estimate of drug-likeness (QED) is 0.725. The second kappa shape index (κ2) is 3.42. The molecule has 2 rings (SSSR count). The number of benzene rings is 1. The minimum Gasteiger partial charge on any atom is -0.507 e. The maximum Gasteiger partial charge on any atom is 0.343 e. The van der Waals surface area contributed by atoms with Gasteiger partial charge in [-0.2, -0.15) is 0 Å².